The molecule has 144 valence electrons. The van der Waals surface area contributed by atoms with Crippen LogP contribution < -0.4 is 9.62 Å². The van der Waals surface area contributed by atoms with E-state index in [4.69, 9.17) is 0 Å². The minimum Gasteiger partial charge on any atom is -0.324 e. The van der Waals surface area contributed by atoms with Crippen molar-refractivity contribution in [1.82, 2.24) is 0 Å². The van der Waals surface area contributed by atoms with E-state index in [1.165, 1.54) is 18.2 Å². The van der Waals surface area contributed by atoms with Gasteiger partial charge < -0.3 is 5.32 Å². The Morgan fingerprint density at radius 1 is 0.929 bits per heavy atom. The summed E-state index contributed by atoms with van der Waals surface area (Å²) < 4.78 is 39.1. The molecule has 0 atom stereocenters. The van der Waals surface area contributed by atoms with Crippen LogP contribution in [0.3, 0.4) is 0 Å². The zero-order chi connectivity index (χ0) is 20.1. The Kier molecular flexibility index (Phi) is 5.75. The van der Waals surface area contributed by atoms with Gasteiger partial charge in [0, 0.05) is 11.3 Å². The average molecular weight is 398 g/mol. The summed E-state index contributed by atoms with van der Waals surface area (Å²) in [6, 6.07) is 22.1. The largest absolute Gasteiger partial charge is 0.324 e. The van der Waals surface area contributed by atoms with E-state index in [9.17, 15) is 17.6 Å². The predicted octanol–water partition coefficient (Wildman–Crippen LogP) is 3.90. The van der Waals surface area contributed by atoms with Gasteiger partial charge in [0.15, 0.2) is 0 Å². The van der Waals surface area contributed by atoms with Crippen molar-refractivity contribution >= 4 is 27.3 Å². The van der Waals surface area contributed by atoms with Gasteiger partial charge in [0.1, 0.15) is 12.4 Å². The second kappa shape index (κ2) is 8.22. The molecular formula is C21H19FN2O3S. The highest BCUT2D eigenvalue weighted by atomic mass is 32.2. The van der Waals surface area contributed by atoms with Gasteiger partial charge in [-0.05, 0) is 23.8 Å². The second-order valence-electron chi connectivity index (χ2n) is 6.18. The quantitative estimate of drug-likeness (QED) is 0.685. The Morgan fingerprint density at radius 2 is 1.54 bits per heavy atom. The van der Waals surface area contributed by atoms with E-state index in [0.29, 0.717) is 5.69 Å². The normalized spacial score (nSPS) is 11.1. The van der Waals surface area contributed by atoms with Crippen molar-refractivity contribution in [2.24, 2.45) is 0 Å². The minimum absolute atomic E-state index is 0.170. The Hall–Kier alpha value is -3.19. The number of hydrogen-bond donors (Lipinski definition) is 1. The topological polar surface area (TPSA) is 66.5 Å². The SMILES string of the molecule is CS(=O)(=O)N(CC(=O)Nc1ccccc1-c1ccccc1)c1ccccc1F. The molecule has 0 heterocycles. The van der Waals surface area contributed by atoms with Gasteiger partial charge in [0.2, 0.25) is 15.9 Å². The summed E-state index contributed by atoms with van der Waals surface area (Å²) in [5.41, 5.74) is 2.08. The molecule has 0 bridgehead atoms. The Balaban J connectivity index is 1.87. The van der Waals surface area contributed by atoms with Gasteiger partial charge in [0.05, 0.1) is 11.9 Å². The molecule has 0 saturated carbocycles. The first-order valence-electron chi connectivity index (χ1n) is 8.53. The molecule has 1 amide bonds. The number of amides is 1. The molecule has 28 heavy (non-hydrogen) atoms. The van der Waals surface area contributed by atoms with Gasteiger partial charge in [0.25, 0.3) is 0 Å². The fourth-order valence-corrected chi connectivity index (χ4v) is 3.67. The van der Waals surface area contributed by atoms with Gasteiger partial charge in [-0.15, -0.1) is 0 Å². The molecule has 3 rings (SSSR count). The molecule has 0 radical (unpaired) electrons. The van der Waals surface area contributed by atoms with Crippen LogP contribution in [0.25, 0.3) is 11.1 Å². The number of benzene rings is 3. The third-order valence-corrected chi connectivity index (χ3v) is 5.22. The Bertz CT molecular complexity index is 1090. The smallest absolute Gasteiger partial charge is 0.245 e. The van der Waals surface area contributed by atoms with Gasteiger partial charge >= 0.3 is 0 Å². The third kappa shape index (κ3) is 4.55. The number of rotatable bonds is 6. The highest BCUT2D eigenvalue weighted by Crippen LogP contribution is 2.28. The zero-order valence-corrected chi connectivity index (χ0v) is 16.0. The fourth-order valence-electron chi connectivity index (χ4n) is 2.82. The van der Waals surface area contributed by atoms with Crippen LogP contribution in [0.1, 0.15) is 0 Å². The highest BCUT2D eigenvalue weighted by Gasteiger charge is 2.23. The van der Waals surface area contributed by atoms with Crippen molar-refractivity contribution in [3.63, 3.8) is 0 Å². The minimum atomic E-state index is -3.86. The van der Waals surface area contributed by atoms with Crippen molar-refractivity contribution in [3.05, 3.63) is 84.7 Å². The second-order valence-corrected chi connectivity index (χ2v) is 8.09. The lowest BCUT2D eigenvalue weighted by Gasteiger charge is -2.22. The van der Waals surface area contributed by atoms with Gasteiger partial charge in [-0.3, -0.25) is 9.10 Å². The van der Waals surface area contributed by atoms with Crippen LogP contribution in [0, 0.1) is 5.82 Å². The number of anilines is 2. The number of sulfonamides is 1. The zero-order valence-electron chi connectivity index (χ0n) is 15.2. The first kappa shape index (κ1) is 19.6. The standard InChI is InChI=1S/C21H19FN2O3S/c1-28(26,27)24(20-14-8-6-12-18(20)22)15-21(25)23-19-13-7-5-11-17(19)16-9-3-2-4-10-16/h2-14H,15H2,1H3,(H,23,25). The van der Waals surface area contributed by atoms with Crippen molar-refractivity contribution in [2.45, 2.75) is 0 Å². The number of carbonyl (C=O) groups is 1. The summed E-state index contributed by atoms with van der Waals surface area (Å²) in [5, 5.41) is 2.73. The van der Waals surface area contributed by atoms with E-state index in [0.717, 1.165) is 27.8 Å². The number of carbonyl (C=O) groups excluding carboxylic acids is 1. The summed E-state index contributed by atoms with van der Waals surface area (Å²) in [6.45, 7) is -0.539. The van der Waals surface area contributed by atoms with E-state index in [-0.39, 0.29) is 5.69 Å². The van der Waals surface area contributed by atoms with E-state index in [1.807, 2.05) is 42.5 Å². The van der Waals surface area contributed by atoms with Gasteiger partial charge in [-0.25, -0.2) is 12.8 Å². The number of nitrogens with zero attached hydrogens (tertiary/aromatic N) is 1. The van der Waals surface area contributed by atoms with Crippen molar-refractivity contribution in [1.29, 1.82) is 0 Å². The van der Waals surface area contributed by atoms with Gasteiger partial charge in [-0.2, -0.15) is 0 Å². The maximum Gasteiger partial charge on any atom is 0.245 e. The summed E-state index contributed by atoms with van der Waals surface area (Å²) in [4.78, 5) is 12.6. The molecule has 0 fully saturated rings. The van der Waals surface area contributed by atoms with Crippen LogP contribution in [0.2, 0.25) is 0 Å². The summed E-state index contributed by atoms with van der Waals surface area (Å²) in [7, 11) is -3.86. The molecule has 0 aliphatic heterocycles. The van der Waals surface area contributed by atoms with Crippen molar-refractivity contribution in [2.75, 3.05) is 22.4 Å². The van der Waals surface area contributed by atoms with Crippen LogP contribution in [0.15, 0.2) is 78.9 Å². The van der Waals surface area contributed by atoms with Crippen molar-refractivity contribution in [3.8, 4) is 11.1 Å². The molecule has 0 aromatic heterocycles. The lowest BCUT2D eigenvalue weighted by molar-refractivity contribution is -0.114. The monoisotopic (exact) mass is 398 g/mol. The number of hydrogen-bond acceptors (Lipinski definition) is 3. The summed E-state index contributed by atoms with van der Waals surface area (Å²) >= 11 is 0. The number of nitrogens with one attached hydrogen (secondary N) is 1. The lowest BCUT2D eigenvalue weighted by Crippen LogP contribution is -2.38. The Labute approximate surface area is 163 Å². The molecule has 0 spiro atoms. The average Bonchev–Trinajstić information content (AvgIpc) is 2.67. The molecule has 0 saturated heterocycles. The predicted molar refractivity (Wildman–Crippen MR) is 109 cm³/mol. The molecule has 3 aromatic carbocycles. The van der Waals surface area contributed by atoms with Crippen LogP contribution in [-0.2, 0) is 14.8 Å². The first-order valence-corrected chi connectivity index (χ1v) is 10.4. The van der Waals surface area contributed by atoms with E-state index in [1.54, 1.807) is 12.1 Å². The molecule has 0 aliphatic rings. The van der Waals surface area contributed by atoms with Crippen LogP contribution in [0.4, 0.5) is 15.8 Å². The van der Waals surface area contributed by atoms with Gasteiger partial charge in [-0.1, -0.05) is 60.7 Å². The molecular weight excluding hydrogens is 379 g/mol. The molecule has 1 N–H and O–H groups in total. The van der Waals surface area contributed by atoms with E-state index in [2.05, 4.69) is 5.32 Å². The Morgan fingerprint density at radius 3 is 2.21 bits per heavy atom. The lowest BCUT2D eigenvalue weighted by atomic mass is 10.0. The molecule has 3 aromatic rings. The fraction of sp³-hybridized carbons (Fsp3) is 0.0952. The van der Waals surface area contributed by atoms with Crippen LogP contribution in [-0.4, -0.2) is 27.1 Å². The van der Waals surface area contributed by atoms with E-state index < -0.39 is 28.3 Å². The molecule has 0 unspecified atom stereocenters. The summed E-state index contributed by atoms with van der Waals surface area (Å²) in [6.07, 6.45) is 0.935. The van der Waals surface area contributed by atoms with Crippen LogP contribution >= 0.6 is 0 Å². The highest BCUT2D eigenvalue weighted by molar-refractivity contribution is 7.92. The van der Waals surface area contributed by atoms with Crippen molar-refractivity contribution < 1.29 is 17.6 Å². The summed E-state index contributed by atoms with van der Waals surface area (Å²) in [5.74, 6) is -1.29. The van der Waals surface area contributed by atoms with E-state index >= 15 is 0 Å². The third-order valence-electron chi connectivity index (χ3n) is 4.09. The maximum absolute atomic E-state index is 14.1. The van der Waals surface area contributed by atoms with Crippen LogP contribution in [0.5, 0.6) is 0 Å². The maximum atomic E-state index is 14.1. The first-order chi connectivity index (χ1) is 13.4. The number of para-hydroxylation sites is 2. The molecule has 0 aliphatic carbocycles. The molecule has 5 nitrogen and oxygen atoms in total. The number of halogens is 1. The molecule has 7 heteroatoms.